The van der Waals surface area contributed by atoms with Crippen LogP contribution in [0.4, 0.5) is 5.82 Å². The van der Waals surface area contributed by atoms with Crippen molar-refractivity contribution in [1.29, 1.82) is 0 Å². The first-order valence-electron chi connectivity index (χ1n) is 6.83. The molecule has 1 aromatic rings. The predicted octanol–water partition coefficient (Wildman–Crippen LogP) is 2.62. The molecule has 1 heterocycles. The van der Waals surface area contributed by atoms with E-state index in [1.165, 1.54) is 0 Å². The Morgan fingerprint density at radius 1 is 1.42 bits per heavy atom. The Labute approximate surface area is 115 Å². The van der Waals surface area contributed by atoms with E-state index in [-0.39, 0.29) is 5.91 Å². The number of carbonyl (C=O) groups is 1. The number of amides is 1. The molecular weight excluding hydrogens is 238 g/mol. The maximum atomic E-state index is 11.9. The smallest absolute Gasteiger partial charge is 0.251 e. The van der Waals surface area contributed by atoms with Gasteiger partial charge in [-0.2, -0.15) is 0 Å². The zero-order chi connectivity index (χ0) is 14.1. The Hall–Kier alpha value is -1.84. The molecule has 0 aromatic carbocycles. The molecule has 0 aliphatic rings. The van der Waals surface area contributed by atoms with Crippen molar-refractivity contribution in [2.24, 2.45) is 0 Å². The molecule has 0 radical (unpaired) electrons. The van der Waals surface area contributed by atoms with Gasteiger partial charge in [0.15, 0.2) is 0 Å². The second-order valence-electron chi connectivity index (χ2n) is 4.39. The minimum Gasteiger partial charge on any atom is -0.357 e. The molecule has 1 amide bonds. The molecule has 0 fully saturated rings. The van der Waals surface area contributed by atoms with Crippen molar-refractivity contribution < 1.29 is 4.79 Å². The molecule has 4 nitrogen and oxygen atoms in total. The molecule has 0 atom stereocenters. The van der Waals surface area contributed by atoms with Gasteiger partial charge in [0.25, 0.3) is 5.91 Å². The summed E-state index contributed by atoms with van der Waals surface area (Å²) in [4.78, 5) is 18.5. The third kappa shape index (κ3) is 4.73. The maximum absolute atomic E-state index is 11.9. The molecule has 1 N–H and O–H groups in total. The summed E-state index contributed by atoms with van der Waals surface area (Å²) in [6.45, 7) is 10.3. The van der Waals surface area contributed by atoms with Gasteiger partial charge in [-0.1, -0.05) is 19.9 Å². The summed E-state index contributed by atoms with van der Waals surface area (Å²) < 4.78 is 0. The van der Waals surface area contributed by atoms with Crippen molar-refractivity contribution >= 4 is 11.7 Å². The van der Waals surface area contributed by atoms with Crippen molar-refractivity contribution in [2.45, 2.75) is 26.7 Å². The monoisotopic (exact) mass is 261 g/mol. The molecule has 0 unspecified atom stereocenters. The van der Waals surface area contributed by atoms with Gasteiger partial charge in [-0.15, -0.1) is 6.58 Å². The van der Waals surface area contributed by atoms with E-state index in [0.29, 0.717) is 12.1 Å². The van der Waals surface area contributed by atoms with Gasteiger partial charge < -0.3 is 10.2 Å². The van der Waals surface area contributed by atoms with Crippen LogP contribution >= 0.6 is 0 Å². The summed E-state index contributed by atoms with van der Waals surface area (Å²) >= 11 is 0. The molecular formula is C15H23N3O. The first-order chi connectivity index (χ1) is 9.22. The van der Waals surface area contributed by atoms with Crippen LogP contribution in [0.1, 0.15) is 37.0 Å². The lowest BCUT2D eigenvalue weighted by atomic mass is 10.2. The van der Waals surface area contributed by atoms with Crippen molar-refractivity contribution in [3.63, 3.8) is 0 Å². The molecule has 104 valence electrons. The molecule has 4 heteroatoms. The summed E-state index contributed by atoms with van der Waals surface area (Å²) in [5, 5.41) is 2.78. The Kier molecular flexibility index (Phi) is 6.64. The lowest BCUT2D eigenvalue weighted by Gasteiger charge is -2.22. The SMILES string of the molecule is C=CCNC(=O)c1ccnc(N(CCC)CCC)c1. The number of rotatable bonds is 8. The molecule has 19 heavy (non-hydrogen) atoms. The number of carbonyl (C=O) groups excluding carboxylic acids is 1. The zero-order valence-corrected chi connectivity index (χ0v) is 11.9. The summed E-state index contributed by atoms with van der Waals surface area (Å²) in [5.74, 6) is 0.784. The predicted molar refractivity (Wildman–Crippen MR) is 79.6 cm³/mol. The lowest BCUT2D eigenvalue weighted by Crippen LogP contribution is -2.27. The van der Waals surface area contributed by atoms with E-state index in [9.17, 15) is 4.79 Å². The lowest BCUT2D eigenvalue weighted by molar-refractivity contribution is 0.0958. The average molecular weight is 261 g/mol. The van der Waals surface area contributed by atoms with Crippen molar-refractivity contribution in [2.75, 3.05) is 24.5 Å². The van der Waals surface area contributed by atoms with Gasteiger partial charge in [-0.05, 0) is 25.0 Å². The maximum Gasteiger partial charge on any atom is 0.251 e. The topological polar surface area (TPSA) is 45.2 Å². The van der Waals surface area contributed by atoms with E-state index in [2.05, 4.69) is 35.6 Å². The number of nitrogens with zero attached hydrogens (tertiary/aromatic N) is 2. The minimum atomic E-state index is -0.0866. The highest BCUT2D eigenvalue weighted by atomic mass is 16.1. The Morgan fingerprint density at radius 3 is 2.68 bits per heavy atom. The average Bonchev–Trinajstić information content (AvgIpc) is 2.44. The van der Waals surface area contributed by atoms with Gasteiger partial charge >= 0.3 is 0 Å². The van der Waals surface area contributed by atoms with Gasteiger partial charge in [0.1, 0.15) is 5.82 Å². The van der Waals surface area contributed by atoms with Crippen LogP contribution in [0.3, 0.4) is 0 Å². The molecule has 0 saturated carbocycles. The van der Waals surface area contributed by atoms with Crippen LogP contribution in [0.15, 0.2) is 31.0 Å². The standard InChI is InChI=1S/C15H23N3O/c1-4-8-17-15(19)13-7-9-16-14(12-13)18(10-5-2)11-6-3/h4,7,9,12H,1,5-6,8,10-11H2,2-3H3,(H,17,19). The molecule has 0 aliphatic heterocycles. The largest absolute Gasteiger partial charge is 0.357 e. The molecule has 0 aliphatic carbocycles. The van der Waals surface area contributed by atoms with Crippen LogP contribution in [0.2, 0.25) is 0 Å². The Morgan fingerprint density at radius 2 is 2.11 bits per heavy atom. The third-order valence-corrected chi connectivity index (χ3v) is 2.73. The first kappa shape index (κ1) is 15.2. The summed E-state index contributed by atoms with van der Waals surface area (Å²) in [7, 11) is 0. The molecule has 1 rings (SSSR count). The molecule has 0 bridgehead atoms. The number of hydrogen-bond donors (Lipinski definition) is 1. The number of hydrogen-bond acceptors (Lipinski definition) is 3. The quantitative estimate of drug-likeness (QED) is 0.732. The van der Waals surface area contributed by atoms with E-state index >= 15 is 0 Å². The Balaban J connectivity index is 2.84. The van der Waals surface area contributed by atoms with E-state index in [1.807, 2.05) is 6.07 Å². The van der Waals surface area contributed by atoms with Crippen molar-refractivity contribution in [3.05, 3.63) is 36.5 Å². The second-order valence-corrected chi connectivity index (χ2v) is 4.39. The number of nitrogens with one attached hydrogen (secondary N) is 1. The number of pyridine rings is 1. The highest BCUT2D eigenvalue weighted by Gasteiger charge is 2.10. The van der Waals surface area contributed by atoms with Crippen LogP contribution in [0.25, 0.3) is 0 Å². The first-order valence-corrected chi connectivity index (χ1v) is 6.83. The normalized spacial score (nSPS) is 10.0. The fourth-order valence-corrected chi connectivity index (χ4v) is 1.88. The van der Waals surface area contributed by atoms with Gasteiger partial charge in [-0.3, -0.25) is 4.79 Å². The van der Waals surface area contributed by atoms with Gasteiger partial charge in [0.2, 0.25) is 0 Å². The van der Waals surface area contributed by atoms with E-state index in [0.717, 1.165) is 31.7 Å². The van der Waals surface area contributed by atoms with Gasteiger partial charge in [0, 0.05) is 31.4 Å². The Bertz CT molecular complexity index is 412. The van der Waals surface area contributed by atoms with Gasteiger partial charge in [0.05, 0.1) is 0 Å². The van der Waals surface area contributed by atoms with Gasteiger partial charge in [-0.25, -0.2) is 4.98 Å². The van der Waals surface area contributed by atoms with Crippen LogP contribution in [0, 0.1) is 0 Å². The van der Waals surface area contributed by atoms with E-state index < -0.39 is 0 Å². The highest BCUT2D eigenvalue weighted by Crippen LogP contribution is 2.13. The highest BCUT2D eigenvalue weighted by molar-refractivity contribution is 5.94. The number of anilines is 1. The summed E-state index contributed by atoms with van der Waals surface area (Å²) in [6.07, 6.45) is 5.49. The van der Waals surface area contributed by atoms with E-state index in [1.54, 1.807) is 18.3 Å². The molecule has 0 spiro atoms. The fourth-order valence-electron chi connectivity index (χ4n) is 1.88. The summed E-state index contributed by atoms with van der Waals surface area (Å²) in [6, 6.07) is 3.59. The number of aromatic nitrogens is 1. The molecule has 0 saturated heterocycles. The zero-order valence-electron chi connectivity index (χ0n) is 11.9. The minimum absolute atomic E-state index is 0.0866. The second kappa shape index (κ2) is 8.29. The molecule has 1 aromatic heterocycles. The van der Waals surface area contributed by atoms with Crippen LogP contribution in [0.5, 0.6) is 0 Å². The fraction of sp³-hybridized carbons (Fsp3) is 0.467. The van der Waals surface area contributed by atoms with Crippen LogP contribution < -0.4 is 10.2 Å². The van der Waals surface area contributed by atoms with Crippen molar-refractivity contribution in [1.82, 2.24) is 10.3 Å². The van der Waals surface area contributed by atoms with Crippen LogP contribution in [-0.2, 0) is 0 Å². The summed E-state index contributed by atoms with van der Waals surface area (Å²) in [5.41, 5.74) is 0.643. The van der Waals surface area contributed by atoms with Crippen molar-refractivity contribution in [3.8, 4) is 0 Å². The van der Waals surface area contributed by atoms with E-state index in [4.69, 9.17) is 0 Å². The van der Waals surface area contributed by atoms with Crippen LogP contribution in [-0.4, -0.2) is 30.5 Å². The third-order valence-electron chi connectivity index (χ3n) is 2.73.